The van der Waals surface area contributed by atoms with E-state index in [9.17, 15) is 13.2 Å². The highest BCUT2D eigenvalue weighted by molar-refractivity contribution is 7.89. The topological polar surface area (TPSA) is 132 Å². The molecule has 3 atom stereocenters. The molecule has 6 rings (SSSR count). The van der Waals surface area contributed by atoms with E-state index in [2.05, 4.69) is 22.0 Å². The number of nitrogens with two attached hydrogens (primary N) is 1. The summed E-state index contributed by atoms with van der Waals surface area (Å²) < 4.78 is 37.1. The van der Waals surface area contributed by atoms with Gasteiger partial charge < -0.3 is 19.5 Å². The molecule has 9 nitrogen and oxygen atoms in total. The first kappa shape index (κ1) is 28.8. The molecule has 222 valence electrons. The molecule has 3 N–H and O–H groups in total. The molecule has 11 heteroatoms. The number of anilines is 1. The molecule has 0 radical (unpaired) electrons. The van der Waals surface area contributed by atoms with Gasteiger partial charge in [0.2, 0.25) is 10.0 Å². The van der Waals surface area contributed by atoms with Gasteiger partial charge in [-0.05, 0) is 97.0 Å². The van der Waals surface area contributed by atoms with Crippen LogP contribution in [0.15, 0.2) is 59.8 Å². The predicted octanol–water partition coefficient (Wildman–Crippen LogP) is 4.59. The van der Waals surface area contributed by atoms with Crippen LogP contribution in [-0.4, -0.2) is 50.8 Å². The van der Waals surface area contributed by atoms with Crippen molar-refractivity contribution in [2.24, 2.45) is 17.0 Å². The SMILES string of the molecule is NS(=O)(=O)c1ccc2c(c1)N(C[C@@H]1CC[C@H]1COc1cncc(CC(=O)O)c1)C[C@@]1(CCCc3cc(Cl)ccc31)CO2. The highest BCUT2D eigenvalue weighted by Gasteiger charge is 2.43. The Kier molecular flexibility index (Phi) is 7.80. The van der Waals surface area contributed by atoms with Crippen molar-refractivity contribution in [3.05, 3.63) is 76.6 Å². The highest BCUT2D eigenvalue weighted by atomic mass is 35.5. The molecule has 2 aliphatic carbocycles. The van der Waals surface area contributed by atoms with Crippen molar-refractivity contribution in [3.63, 3.8) is 0 Å². The normalized spacial score (nSPS) is 23.2. The number of hydrogen-bond donors (Lipinski definition) is 2. The van der Waals surface area contributed by atoms with E-state index in [-0.39, 0.29) is 22.6 Å². The number of benzene rings is 2. The molecule has 0 bridgehead atoms. The zero-order valence-electron chi connectivity index (χ0n) is 23.2. The second-order valence-corrected chi connectivity index (χ2v) is 13.8. The maximum Gasteiger partial charge on any atom is 0.307 e. The number of rotatable bonds is 8. The zero-order chi connectivity index (χ0) is 29.5. The van der Waals surface area contributed by atoms with Gasteiger partial charge in [-0.25, -0.2) is 13.6 Å². The fraction of sp³-hybridized carbons (Fsp3) is 0.419. The number of carboxylic acid groups (broad SMARTS) is 1. The molecule has 0 amide bonds. The number of halogens is 1. The number of fused-ring (bicyclic) bond motifs is 3. The van der Waals surface area contributed by atoms with E-state index in [1.807, 2.05) is 6.07 Å². The number of ether oxygens (including phenoxy) is 2. The summed E-state index contributed by atoms with van der Waals surface area (Å²) in [6, 6.07) is 12.7. The lowest BCUT2D eigenvalue weighted by Crippen LogP contribution is -2.49. The predicted molar refractivity (Wildman–Crippen MR) is 159 cm³/mol. The molecule has 1 aliphatic heterocycles. The fourth-order valence-electron chi connectivity index (χ4n) is 6.67. The lowest BCUT2D eigenvalue weighted by atomic mass is 9.69. The first-order valence-electron chi connectivity index (χ1n) is 14.2. The lowest BCUT2D eigenvalue weighted by Gasteiger charge is -2.44. The fourth-order valence-corrected chi connectivity index (χ4v) is 7.40. The van der Waals surface area contributed by atoms with Crippen molar-refractivity contribution in [1.29, 1.82) is 0 Å². The van der Waals surface area contributed by atoms with Crippen LogP contribution in [0.3, 0.4) is 0 Å². The van der Waals surface area contributed by atoms with E-state index in [0.717, 1.165) is 42.8 Å². The quantitative estimate of drug-likeness (QED) is 0.378. The van der Waals surface area contributed by atoms with Crippen LogP contribution < -0.4 is 19.5 Å². The Morgan fingerprint density at radius 1 is 1.17 bits per heavy atom. The molecule has 2 heterocycles. The molecule has 3 aromatic rings. The smallest absolute Gasteiger partial charge is 0.307 e. The summed E-state index contributed by atoms with van der Waals surface area (Å²) >= 11 is 6.36. The van der Waals surface area contributed by atoms with E-state index < -0.39 is 16.0 Å². The minimum Gasteiger partial charge on any atom is -0.492 e. The lowest BCUT2D eigenvalue weighted by molar-refractivity contribution is -0.136. The number of aromatic nitrogens is 1. The van der Waals surface area contributed by atoms with Crippen LogP contribution in [0.25, 0.3) is 0 Å². The van der Waals surface area contributed by atoms with Crippen LogP contribution in [0.4, 0.5) is 5.69 Å². The van der Waals surface area contributed by atoms with Crippen molar-refractivity contribution in [1.82, 2.24) is 4.98 Å². The molecule has 1 fully saturated rings. The Bertz CT molecular complexity index is 1620. The summed E-state index contributed by atoms with van der Waals surface area (Å²) in [7, 11) is -3.90. The van der Waals surface area contributed by atoms with E-state index in [4.69, 9.17) is 31.3 Å². The van der Waals surface area contributed by atoms with Gasteiger partial charge in [-0.2, -0.15) is 0 Å². The van der Waals surface area contributed by atoms with Gasteiger partial charge in [0, 0.05) is 29.7 Å². The van der Waals surface area contributed by atoms with Crippen LogP contribution in [0, 0.1) is 11.8 Å². The maximum absolute atomic E-state index is 12.3. The summed E-state index contributed by atoms with van der Waals surface area (Å²) in [5.74, 6) is 0.892. The molecule has 42 heavy (non-hydrogen) atoms. The first-order chi connectivity index (χ1) is 20.1. The Balaban J connectivity index is 1.26. The number of primary sulfonamides is 1. The highest BCUT2D eigenvalue weighted by Crippen LogP contribution is 2.46. The van der Waals surface area contributed by atoms with Crippen molar-refractivity contribution in [2.75, 3.05) is 31.2 Å². The number of sulfonamides is 1. The molecule has 0 unspecified atom stereocenters. The minimum atomic E-state index is -3.90. The van der Waals surface area contributed by atoms with Crippen molar-refractivity contribution in [2.45, 2.75) is 48.8 Å². The van der Waals surface area contributed by atoms with Gasteiger partial charge in [0.05, 0.1) is 36.4 Å². The Hall–Kier alpha value is -3.34. The zero-order valence-corrected chi connectivity index (χ0v) is 24.7. The summed E-state index contributed by atoms with van der Waals surface area (Å²) in [5.41, 5.74) is 3.53. The van der Waals surface area contributed by atoms with Crippen molar-refractivity contribution < 1.29 is 27.8 Å². The molecule has 2 aromatic carbocycles. The molecular formula is C31H34ClN3O6S. The number of aliphatic carboxylic acids is 1. The molecule has 0 saturated heterocycles. The van der Waals surface area contributed by atoms with Gasteiger partial charge >= 0.3 is 5.97 Å². The monoisotopic (exact) mass is 611 g/mol. The van der Waals surface area contributed by atoms with Crippen LogP contribution in [0.2, 0.25) is 5.02 Å². The van der Waals surface area contributed by atoms with Gasteiger partial charge in [0.1, 0.15) is 11.5 Å². The minimum absolute atomic E-state index is 0.0591. The molecule has 3 aliphatic rings. The summed E-state index contributed by atoms with van der Waals surface area (Å²) in [5, 5.41) is 15.3. The average molecular weight is 612 g/mol. The number of carboxylic acids is 1. The second kappa shape index (κ2) is 11.4. The summed E-state index contributed by atoms with van der Waals surface area (Å²) in [6.07, 6.45) is 7.99. The molecule has 1 spiro atoms. The van der Waals surface area contributed by atoms with E-state index in [1.54, 1.807) is 24.4 Å². The Morgan fingerprint density at radius 2 is 2.00 bits per heavy atom. The van der Waals surface area contributed by atoms with Crippen LogP contribution >= 0.6 is 11.6 Å². The van der Waals surface area contributed by atoms with Crippen LogP contribution in [0.5, 0.6) is 11.5 Å². The Labute approximate surface area is 250 Å². The van der Waals surface area contributed by atoms with E-state index >= 15 is 0 Å². The third-order valence-corrected chi connectivity index (χ3v) is 10.1. The van der Waals surface area contributed by atoms with Crippen LogP contribution in [-0.2, 0) is 33.1 Å². The molecule has 1 saturated carbocycles. The van der Waals surface area contributed by atoms with Crippen molar-refractivity contribution >= 4 is 33.3 Å². The third kappa shape index (κ3) is 5.93. The first-order valence-corrected chi connectivity index (χ1v) is 16.1. The number of hydrogen-bond acceptors (Lipinski definition) is 7. The number of aryl methyl sites for hydroxylation is 1. The van der Waals surface area contributed by atoms with Gasteiger partial charge in [-0.3, -0.25) is 9.78 Å². The molecule has 1 aromatic heterocycles. The summed E-state index contributed by atoms with van der Waals surface area (Å²) in [4.78, 5) is 17.6. The number of carbonyl (C=O) groups is 1. The van der Waals surface area contributed by atoms with E-state index in [0.29, 0.717) is 49.3 Å². The second-order valence-electron chi connectivity index (χ2n) is 11.8. The Morgan fingerprint density at radius 3 is 2.76 bits per heavy atom. The largest absolute Gasteiger partial charge is 0.492 e. The standard InChI is InChI=1S/C31H34ClN3O6S/c32-24-5-7-27-21(12-24)2-1-9-31(27)18-35(28-13-26(42(33,38)39)6-8-29(28)41-19-31)16-22-3-4-23(22)17-40-25-10-20(11-30(36)37)14-34-15-25/h5-8,10,12-15,22-23H,1-4,9,11,16-19H2,(H,36,37)(H2,33,38,39)/t22-,23-,31-/m0/s1. The van der Waals surface area contributed by atoms with Gasteiger partial charge in [-0.1, -0.05) is 17.7 Å². The number of pyridine rings is 1. The average Bonchev–Trinajstić information content (AvgIpc) is 3.07. The summed E-state index contributed by atoms with van der Waals surface area (Å²) in [6.45, 7) is 2.36. The van der Waals surface area contributed by atoms with Gasteiger partial charge in [0.15, 0.2) is 0 Å². The van der Waals surface area contributed by atoms with E-state index in [1.165, 1.54) is 23.4 Å². The van der Waals surface area contributed by atoms with Crippen LogP contribution in [0.1, 0.15) is 42.4 Å². The third-order valence-electron chi connectivity index (χ3n) is 8.96. The maximum atomic E-state index is 12.3. The number of nitrogens with zero attached hydrogens (tertiary/aromatic N) is 2. The molecular weight excluding hydrogens is 578 g/mol. The van der Waals surface area contributed by atoms with Gasteiger partial charge in [-0.15, -0.1) is 0 Å². The van der Waals surface area contributed by atoms with Gasteiger partial charge in [0.25, 0.3) is 0 Å². The van der Waals surface area contributed by atoms with Crippen molar-refractivity contribution in [3.8, 4) is 11.5 Å².